The largest absolute Gasteiger partial charge is 0.325 e. The van der Waals surface area contributed by atoms with Crippen molar-refractivity contribution in [2.45, 2.75) is 13.3 Å². The molecule has 0 radical (unpaired) electrons. The number of nitrogens with zero attached hydrogens (tertiary/aromatic N) is 2. The lowest BCUT2D eigenvalue weighted by atomic mass is 10.3. The number of hydrogen-bond acceptors (Lipinski definition) is 3. The minimum atomic E-state index is 0.0242. The summed E-state index contributed by atoms with van der Waals surface area (Å²) in [5.41, 5.74) is 1.80. The molecule has 0 aliphatic rings. The quantitative estimate of drug-likeness (QED) is 0.809. The molecular formula is C11H17N3O. The van der Waals surface area contributed by atoms with Crippen molar-refractivity contribution in [3.63, 3.8) is 0 Å². The summed E-state index contributed by atoms with van der Waals surface area (Å²) in [6.07, 6.45) is 3.91. The number of rotatable bonds is 4. The summed E-state index contributed by atoms with van der Waals surface area (Å²) in [5, 5.41) is 2.81. The van der Waals surface area contributed by atoms with Gasteiger partial charge in [0.2, 0.25) is 5.91 Å². The second-order valence-corrected chi connectivity index (χ2v) is 3.85. The van der Waals surface area contributed by atoms with Crippen molar-refractivity contribution >= 4 is 11.6 Å². The molecule has 0 atom stereocenters. The lowest BCUT2D eigenvalue weighted by Gasteiger charge is -2.09. The zero-order chi connectivity index (χ0) is 11.3. The van der Waals surface area contributed by atoms with Crippen LogP contribution in [0.1, 0.15) is 12.0 Å². The molecule has 1 amide bonds. The second kappa shape index (κ2) is 5.46. The van der Waals surface area contributed by atoms with E-state index in [1.807, 2.05) is 32.0 Å². The van der Waals surface area contributed by atoms with E-state index >= 15 is 0 Å². The van der Waals surface area contributed by atoms with Crippen LogP contribution in [0.25, 0.3) is 0 Å². The van der Waals surface area contributed by atoms with Crippen molar-refractivity contribution < 1.29 is 4.79 Å². The molecule has 0 saturated carbocycles. The molecule has 1 heterocycles. The van der Waals surface area contributed by atoms with Crippen LogP contribution in [0.5, 0.6) is 0 Å². The molecule has 0 unspecified atom stereocenters. The molecule has 0 aromatic carbocycles. The van der Waals surface area contributed by atoms with Crippen LogP contribution in [-0.4, -0.2) is 36.4 Å². The first kappa shape index (κ1) is 11.7. The Bertz CT molecular complexity index is 336. The van der Waals surface area contributed by atoms with E-state index in [1.54, 1.807) is 12.4 Å². The van der Waals surface area contributed by atoms with Crippen molar-refractivity contribution in [1.82, 2.24) is 9.88 Å². The van der Waals surface area contributed by atoms with Gasteiger partial charge in [-0.3, -0.25) is 9.78 Å². The molecule has 0 aliphatic heterocycles. The smallest absolute Gasteiger partial charge is 0.225 e. The third kappa shape index (κ3) is 4.56. The van der Waals surface area contributed by atoms with Crippen LogP contribution in [-0.2, 0) is 4.79 Å². The van der Waals surface area contributed by atoms with Gasteiger partial charge in [-0.1, -0.05) is 0 Å². The first-order chi connectivity index (χ1) is 7.08. The predicted molar refractivity (Wildman–Crippen MR) is 60.8 cm³/mol. The van der Waals surface area contributed by atoms with Gasteiger partial charge in [0.25, 0.3) is 0 Å². The number of aryl methyl sites for hydroxylation is 1. The fraction of sp³-hybridized carbons (Fsp3) is 0.455. The summed E-state index contributed by atoms with van der Waals surface area (Å²) in [4.78, 5) is 17.5. The van der Waals surface area contributed by atoms with Crippen molar-refractivity contribution in [2.75, 3.05) is 26.0 Å². The van der Waals surface area contributed by atoms with Crippen LogP contribution in [0.3, 0.4) is 0 Å². The van der Waals surface area contributed by atoms with Gasteiger partial charge in [0.15, 0.2) is 0 Å². The summed E-state index contributed by atoms with van der Waals surface area (Å²) in [7, 11) is 3.89. The number of aromatic nitrogens is 1. The van der Waals surface area contributed by atoms with Crippen LogP contribution >= 0.6 is 0 Å². The molecular weight excluding hydrogens is 190 g/mol. The Kier molecular flexibility index (Phi) is 4.24. The van der Waals surface area contributed by atoms with Crippen molar-refractivity contribution in [3.8, 4) is 0 Å². The third-order valence-electron chi connectivity index (χ3n) is 1.94. The molecule has 0 spiro atoms. The molecule has 0 fully saturated rings. The zero-order valence-corrected chi connectivity index (χ0v) is 9.45. The van der Waals surface area contributed by atoms with Gasteiger partial charge < -0.3 is 10.2 Å². The minimum absolute atomic E-state index is 0.0242. The summed E-state index contributed by atoms with van der Waals surface area (Å²) in [6, 6.07) is 1.90. The van der Waals surface area contributed by atoms with Gasteiger partial charge in [-0.05, 0) is 32.6 Å². The summed E-state index contributed by atoms with van der Waals surface area (Å²) in [5.74, 6) is 0.0242. The number of nitrogens with one attached hydrogen (secondary N) is 1. The fourth-order valence-electron chi connectivity index (χ4n) is 1.17. The van der Waals surface area contributed by atoms with Gasteiger partial charge in [0.1, 0.15) is 0 Å². The van der Waals surface area contributed by atoms with E-state index in [1.165, 1.54) is 0 Å². The van der Waals surface area contributed by atoms with Gasteiger partial charge >= 0.3 is 0 Å². The van der Waals surface area contributed by atoms with Gasteiger partial charge in [-0.15, -0.1) is 0 Å². The molecule has 1 rings (SSSR count). The molecule has 0 aliphatic carbocycles. The molecule has 1 aromatic rings. The molecule has 82 valence electrons. The van der Waals surface area contributed by atoms with Crippen LogP contribution in [0, 0.1) is 6.92 Å². The second-order valence-electron chi connectivity index (χ2n) is 3.85. The van der Waals surface area contributed by atoms with Crippen LogP contribution in [0.2, 0.25) is 0 Å². The maximum atomic E-state index is 11.5. The maximum Gasteiger partial charge on any atom is 0.225 e. The highest BCUT2D eigenvalue weighted by molar-refractivity contribution is 5.90. The van der Waals surface area contributed by atoms with Crippen LogP contribution < -0.4 is 5.32 Å². The molecule has 4 heteroatoms. The van der Waals surface area contributed by atoms with Gasteiger partial charge in [-0.25, -0.2) is 0 Å². The van der Waals surface area contributed by atoms with Crippen molar-refractivity contribution in [2.24, 2.45) is 0 Å². The number of carbonyl (C=O) groups is 1. The van der Waals surface area contributed by atoms with Crippen molar-refractivity contribution in [3.05, 3.63) is 24.0 Å². The Morgan fingerprint density at radius 2 is 2.20 bits per heavy atom. The van der Waals surface area contributed by atoms with Gasteiger partial charge in [0, 0.05) is 19.2 Å². The molecule has 0 bridgehead atoms. The predicted octanol–water partition coefficient (Wildman–Crippen LogP) is 1.28. The third-order valence-corrected chi connectivity index (χ3v) is 1.94. The average molecular weight is 207 g/mol. The fourth-order valence-corrected chi connectivity index (χ4v) is 1.17. The molecule has 4 nitrogen and oxygen atoms in total. The average Bonchev–Trinajstić information content (AvgIpc) is 2.15. The SMILES string of the molecule is Cc1cncc(NC(=O)CCN(C)C)c1. The highest BCUT2D eigenvalue weighted by atomic mass is 16.1. The van der Waals surface area contributed by atoms with Crippen LogP contribution in [0.4, 0.5) is 5.69 Å². The van der Waals surface area contributed by atoms with E-state index in [4.69, 9.17) is 0 Å². The molecule has 15 heavy (non-hydrogen) atoms. The Morgan fingerprint density at radius 1 is 1.47 bits per heavy atom. The lowest BCUT2D eigenvalue weighted by molar-refractivity contribution is -0.116. The maximum absolute atomic E-state index is 11.5. The van der Waals surface area contributed by atoms with E-state index in [-0.39, 0.29) is 5.91 Å². The van der Waals surface area contributed by atoms with Crippen molar-refractivity contribution in [1.29, 1.82) is 0 Å². The zero-order valence-electron chi connectivity index (χ0n) is 9.45. The van der Waals surface area contributed by atoms with E-state index in [2.05, 4.69) is 10.3 Å². The van der Waals surface area contributed by atoms with Gasteiger partial charge in [-0.2, -0.15) is 0 Å². The highest BCUT2D eigenvalue weighted by Crippen LogP contribution is 2.07. The number of anilines is 1. The standard InChI is InChI=1S/C11H17N3O/c1-9-6-10(8-12-7-9)13-11(15)4-5-14(2)3/h6-8H,4-5H2,1-3H3,(H,13,15). The Hall–Kier alpha value is -1.42. The Morgan fingerprint density at radius 3 is 2.80 bits per heavy atom. The van der Waals surface area contributed by atoms with E-state index in [0.29, 0.717) is 6.42 Å². The lowest BCUT2D eigenvalue weighted by Crippen LogP contribution is -2.20. The Labute approximate surface area is 90.3 Å². The highest BCUT2D eigenvalue weighted by Gasteiger charge is 2.02. The first-order valence-electron chi connectivity index (χ1n) is 4.94. The minimum Gasteiger partial charge on any atom is -0.325 e. The monoisotopic (exact) mass is 207 g/mol. The van der Waals surface area contributed by atoms with E-state index in [0.717, 1.165) is 17.8 Å². The summed E-state index contributed by atoms with van der Waals surface area (Å²) >= 11 is 0. The number of pyridine rings is 1. The summed E-state index contributed by atoms with van der Waals surface area (Å²) < 4.78 is 0. The summed E-state index contributed by atoms with van der Waals surface area (Å²) in [6.45, 7) is 2.70. The molecule has 1 aromatic heterocycles. The van der Waals surface area contributed by atoms with E-state index < -0.39 is 0 Å². The number of carbonyl (C=O) groups excluding carboxylic acids is 1. The topological polar surface area (TPSA) is 45.2 Å². The molecule has 1 N–H and O–H groups in total. The first-order valence-corrected chi connectivity index (χ1v) is 4.94. The Balaban J connectivity index is 2.44. The normalized spacial score (nSPS) is 10.4. The molecule has 0 saturated heterocycles. The number of hydrogen-bond donors (Lipinski definition) is 1. The van der Waals surface area contributed by atoms with E-state index in [9.17, 15) is 4.79 Å². The van der Waals surface area contributed by atoms with Gasteiger partial charge in [0.05, 0.1) is 11.9 Å². The number of amides is 1. The van der Waals surface area contributed by atoms with Crippen LogP contribution in [0.15, 0.2) is 18.5 Å².